The standard InChI is InChI=1S/C14H16F2N4/c1-7(2)13-19-12(17)8(3)14(20-13)18-9-4-5-10(15)11(16)6-9/h4-7H,1-3H3,(H3,17,18,19,20). The summed E-state index contributed by atoms with van der Waals surface area (Å²) in [6, 6.07) is 3.56. The van der Waals surface area contributed by atoms with Crippen molar-refractivity contribution in [2.24, 2.45) is 0 Å². The Morgan fingerprint density at radius 2 is 1.85 bits per heavy atom. The highest BCUT2D eigenvalue weighted by Crippen LogP contribution is 2.24. The van der Waals surface area contributed by atoms with E-state index in [1.54, 1.807) is 6.92 Å². The molecule has 20 heavy (non-hydrogen) atoms. The van der Waals surface area contributed by atoms with Gasteiger partial charge in [0.25, 0.3) is 0 Å². The number of nitrogen functional groups attached to an aromatic ring is 1. The monoisotopic (exact) mass is 278 g/mol. The van der Waals surface area contributed by atoms with Crippen molar-refractivity contribution in [3.63, 3.8) is 0 Å². The van der Waals surface area contributed by atoms with Crippen LogP contribution in [-0.2, 0) is 0 Å². The van der Waals surface area contributed by atoms with Crippen molar-refractivity contribution in [2.45, 2.75) is 26.7 Å². The highest BCUT2D eigenvalue weighted by atomic mass is 19.2. The minimum absolute atomic E-state index is 0.114. The zero-order valence-electron chi connectivity index (χ0n) is 11.5. The number of nitrogens with zero attached hydrogens (tertiary/aromatic N) is 2. The Morgan fingerprint density at radius 3 is 2.45 bits per heavy atom. The van der Waals surface area contributed by atoms with Gasteiger partial charge in [0.15, 0.2) is 11.6 Å². The molecule has 0 radical (unpaired) electrons. The van der Waals surface area contributed by atoms with Gasteiger partial charge in [0.1, 0.15) is 17.5 Å². The number of halogens is 2. The van der Waals surface area contributed by atoms with Crippen molar-refractivity contribution in [3.05, 3.63) is 41.2 Å². The van der Waals surface area contributed by atoms with E-state index in [-0.39, 0.29) is 5.92 Å². The van der Waals surface area contributed by atoms with E-state index in [0.29, 0.717) is 28.7 Å². The minimum Gasteiger partial charge on any atom is -0.383 e. The first-order valence-electron chi connectivity index (χ1n) is 6.24. The Labute approximate surface area is 116 Å². The topological polar surface area (TPSA) is 63.8 Å². The number of aromatic nitrogens is 2. The number of benzene rings is 1. The van der Waals surface area contributed by atoms with E-state index >= 15 is 0 Å². The van der Waals surface area contributed by atoms with E-state index in [4.69, 9.17) is 5.73 Å². The third kappa shape index (κ3) is 2.84. The average Bonchev–Trinajstić information content (AvgIpc) is 2.38. The first-order valence-corrected chi connectivity index (χ1v) is 6.24. The third-order valence-electron chi connectivity index (χ3n) is 2.90. The Balaban J connectivity index is 2.39. The second-order valence-corrected chi connectivity index (χ2v) is 4.85. The van der Waals surface area contributed by atoms with Gasteiger partial charge < -0.3 is 11.1 Å². The molecule has 1 aromatic carbocycles. The number of hydrogen-bond donors (Lipinski definition) is 2. The largest absolute Gasteiger partial charge is 0.383 e. The fourth-order valence-electron chi connectivity index (χ4n) is 1.64. The molecule has 0 amide bonds. The molecule has 0 fully saturated rings. The van der Waals surface area contributed by atoms with E-state index < -0.39 is 11.6 Å². The van der Waals surface area contributed by atoms with E-state index in [1.807, 2.05) is 13.8 Å². The molecule has 2 aromatic rings. The lowest BCUT2D eigenvalue weighted by Crippen LogP contribution is -2.08. The summed E-state index contributed by atoms with van der Waals surface area (Å²) in [7, 11) is 0. The van der Waals surface area contributed by atoms with Crippen molar-refractivity contribution >= 4 is 17.3 Å². The molecule has 0 spiro atoms. The molecule has 2 rings (SSSR count). The maximum Gasteiger partial charge on any atom is 0.160 e. The molecular weight excluding hydrogens is 262 g/mol. The summed E-state index contributed by atoms with van der Waals surface area (Å²) in [5.74, 6) is -0.237. The molecule has 3 N–H and O–H groups in total. The Kier molecular flexibility index (Phi) is 3.83. The number of anilines is 3. The third-order valence-corrected chi connectivity index (χ3v) is 2.90. The van der Waals surface area contributed by atoms with Gasteiger partial charge in [-0.05, 0) is 19.1 Å². The van der Waals surface area contributed by atoms with E-state index in [9.17, 15) is 8.78 Å². The number of rotatable bonds is 3. The zero-order valence-corrected chi connectivity index (χ0v) is 11.5. The van der Waals surface area contributed by atoms with Crippen LogP contribution in [0.4, 0.5) is 26.1 Å². The molecule has 1 aromatic heterocycles. The van der Waals surface area contributed by atoms with Crippen LogP contribution >= 0.6 is 0 Å². The molecule has 0 aliphatic rings. The lowest BCUT2D eigenvalue weighted by Gasteiger charge is -2.13. The molecule has 6 heteroatoms. The number of nitrogens with one attached hydrogen (secondary N) is 1. The maximum atomic E-state index is 13.2. The van der Waals surface area contributed by atoms with Crippen LogP contribution in [-0.4, -0.2) is 9.97 Å². The first kappa shape index (κ1) is 14.2. The van der Waals surface area contributed by atoms with E-state index in [0.717, 1.165) is 12.1 Å². The molecule has 1 heterocycles. The molecule has 0 aliphatic heterocycles. The molecule has 0 bridgehead atoms. The summed E-state index contributed by atoms with van der Waals surface area (Å²) in [5, 5.41) is 2.94. The predicted molar refractivity (Wildman–Crippen MR) is 74.9 cm³/mol. The SMILES string of the molecule is Cc1c(N)nc(C(C)C)nc1Nc1ccc(F)c(F)c1. The molecular formula is C14H16F2N4. The summed E-state index contributed by atoms with van der Waals surface area (Å²) < 4.78 is 26.1. The van der Waals surface area contributed by atoms with Gasteiger partial charge in [0.2, 0.25) is 0 Å². The molecule has 0 atom stereocenters. The van der Waals surface area contributed by atoms with Crippen LogP contribution in [0.2, 0.25) is 0 Å². The Morgan fingerprint density at radius 1 is 1.15 bits per heavy atom. The molecule has 0 unspecified atom stereocenters. The summed E-state index contributed by atoms with van der Waals surface area (Å²) in [6.07, 6.45) is 0. The molecule has 106 valence electrons. The van der Waals surface area contributed by atoms with E-state index in [1.165, 1.54) is 6.07 Å². The molecule has 0 saturated heterocycles. The summed E-state index contributed by atoms with van der Waals surface area (Å²) >= 11 is 0. The fourth-order valence-corrected chi connectivity index (χ4v) is 1.64. The van der Waals surface area contributed by atoms with Crippen LogP contribution in [0.5, 0.6) is 0 Å². The lowest BCUT2D eigenvalue weighted by atomic mass is 10.2. The zero-order chi connectivity index (χ0) is 14.9. The second-order valence-electron chi connectivity index (χ2n) is 4.85. The van der Waals surface area contributed by atoms with Gasteiger partial charge in [-0.2, -0.15) is 0 Å². The van der Waals surface area contributed by atoms with Crippen LogP contribution in [0.25, 0.3) is 0 Å². The molecule has 4 nitrogen and oxygen atoms in total. The quantitative estimate of drug-likeness (QED) is 0.901. The maximum absolute atomic E-state index is 13.2. The normalized spacial score (nSPS) is 10.9. The van der Waals surface area contributed by atoms with Gasteiger partial charge in [0.05, 0.1) is 0 Å². The van der Waals surface area contributed by atoms with E-state index in [2.05, 4.69) is 15.3 Å². The fraction of sp³-hybridized carbons (Fsp3) is 0.286. The van der Waals surface area contributed by atoms with Crippen molar-refractivity contribution in [1.29, 1.82) is 0 Å². The van der Waals surface area contributed by atoms with Crippen molar-refractivity contribution in [3.8, 4) is 0 Å². The second kappa shape index (κ2) is 5.40. The smallest absolute Gasteiger partial charge is 0.160 e. The highest BCUT2D eigenvalue weighted by Gasteiger charge is 2.12. The van der Waals surface area contributed by atoms with Crippen molar-refractivity contribution in [1.82, 2.24) is 9.97 Å². The van der Waals surface area contributed by atoms with Gasteiger partial charge in [-0.3, -0.25) is 0 Å². The Hall–Kier alpha value is -2.24. The summed E-state index contributed by atoms with van der Waals surface area (Å²) in [5.41, 5.74) is 6.91. The van der Waals surface area contributed by atoms with Gasteiger partial charge >= 0.3 is 0 Å². The van der Waals surface area contributed by atoms with Crippen LogP contribution in [0.1, 0.15) is 31.2 Å². The number of nitrogens with two attached hydrogens (primary N) is 1. The van der Waals surface area contributed by atoms with Gasteiger partial charge in [0, 0.05) is 23.2 Å². The van der Waals surface area contributed by atoms with Crippen LogP contribution in [0, 0.1) is 18.6 Å². The van der Waals surface area contributed by atoms with Crippen molar-refractivity contribution in [2.75, 3.05) is 11.1 Å². The van der Waals surface area contributed by atoms with Crippen LogP contribution in [0.15, 0.2) is 18.2 Å². The number of hydrogen-bond acceptors (Lipinski definition) is 4. The van der Waals surface area contributed by atoms with Crippen molar-refractivity contribution < 1.29 is 8.78 Å². The van der Waals surface area contributed by atoms with Crippen LogP contribution in [0.3, 0.4) is 0 Å². The first-order chi connectivity index (χ1) is 9.38. The molecule has 0 aliphatic carbocycles. The summed E-state index contributed by atoms with van der Waals surface area (Å²) in [4.78, 5) is 8.56. The van der Waals surface area contributed by atoms with Crippen LogP contribution < -0.4 is 11.1 Å². The van der Waals surface area contributed by atoms with Gasteiger partial charge in [-0.25, -0.2) is 18.7 Å². The predicted octanol–water partition coefficient (Wildman–Crippen LogP) is 3.51. The average molecular weight is 278 g/mol. The molecule has 0 saturated carbocycles. The minimum atomic E-state index is -0.918. The highest BCUT2D eigenvalue weighted by molar-refractivity contribution is 5.63. The Bertz CT molecular complexity index is 641. The van der Waals surface area contributed by atoms with Gasteiger partial charge in [-0.1, -0.05) is 13.8 Å². The summed E-state index contributed by atoms with van der Waals surface area (Å²) in [6.45, 7) is 5.67. The lowest BCUT2D eigenvalue weighted by molar-refractivity contribution is 0.509. The van der Waals surface area contributed by atoms with Gasteiger partial charge in [-0.15, -0.1) is 0 Å².